The third kappa shape index (κ3) is 3.81. The number of ketones is 1. The van der Waals surface area contributed by atoms with E-state index in [1.165, 1.54) is 0 Å². The maximum Gasteiger partial charge on any atom is 0.259 e. The van der Waals surface area contributed by atoms with Crippen molar-refractivity contribution in [3.8, 4) is 5.75 Å². The number of methoxy groups -OCH3 is 1. The molecule has 6 heteroatoms. The first-order valence-electron chi connectivity index (χ1n) is 10.9. The molecule has 1 atom stereocenters. The third-order valence-corrected chi connectivity index (χ3v) is 6.35. The highest BCUT2D eigenvalue weighted by atomic mass is 16.5. The van der Waals surface area contributed by atoms with Gasteiger partial charge in [0, 0.05) is 43.2 Å². The van der Waals surface area contributed by atoms with Crippen LogP contribution < -0.4 is 10.2 Å². The van der Waals surface area contributed by atoms with Crippen LogP contribution in [0.1, 0.15) is 44.7 Å². The van der Waals surface area contributed by atoms with Gasteiger partial charge in [-0.1, -0.05) is 12.1 Å². The number of likely N-dealkylation sites (tertiary alicyclic amines) is 1. The number of Topliss-reactive ketones (excluding diaryl/α,β-unsaturated/α-hetero) is 1. The van der Waals surface area contributed by atoms with Crippen LogP contribution in [0.15, 0.2) is 47.4 Å². The first-order chi connectivity index (χ1) is 15.3. The molecule has 1 saturated heterocycles. The van der Waals surface area contributed by atoms with Crippen molar-refractivity contribution in [3.05, 3.63) is 75.1 Å². The Morgan fingerprint density at radius 1 is 1.09 bits per heavy atom. The van der Waals surface area contributed by atoms with Gasteiger partial charge in [-0.25, -0.2) is 0 Å². The first kappa shape index (κ1) is 21.8. The summed E-state index contributed by atoms with van der Waals surface area (Å²) in [6, 6.07) is 11.0. The molecule has 2 heterocycles. The van der Waals surface area contributed by atoms with E-state index in [9.17, 15) is 14.4 Å². The highest BCUT2D eigenvalue weighted by Crippen LogP contribution is 2.28. The second-order valence-corrected chi connectivity index (χ2v) is 8.60. The van der Waals surface area contributed by atoms with Gasteiger partial charge < -0.3 is 14.2 Å². The van der Waals surface area contributed by atoms with Gasteiger partial charge in [0.05, 0.1) is 12.6 Å². The van der Waals surface area contributed by atoms with Crippen molar-refractivity contribution in [2.24, 2.45) is 13.0 Å². The third-order valence-electron chi connectivity index (χ3n) is 6.35. The molecule has 6 nitrogen and oxygen atoms in total. The molecule has 0 N–H and O–H groups in total. The standard InChI is InChI=1S/C26H28N2O4/c1-16-12-19(13-17(2)25(16)32-4)23(29)18-8-7-11-28(14-18)26(31)21-15-27(3)22-10-6-5-9-20(22)24(21)30/h5-6,9-10,12-13,15,18H,7-8,11,14H2,1-4H3/t18-/m1/s1. The lowest BCUT2D eigenvalue weighted by Gasteiger charge is -2.32. The molecule has 1 amide bonds. The Labute approximate surface area is 187 Å². The van der Waals surface area contributed by atoms with Crippen LogP contribution in [0, 0.1) is 19.8 Å². The van der Waals surface area contributed by atoms with E-state index >= 15 is 0 Å². The van der Waals surface area contributed by atoms with Gasteiger partial charge in [-0.05, 0) is 62.1 Å². The Morgan fingerprint density at radius 3 is 2.47 bits per heavy atom. The molecule has 3 aromatic rings. The average molecular weight is 433 g/mol. The van der Waals surface area contributed by atoms with Gasteiger partial charge >= 0.3 is 0 Å². The van der Waals surface area contributed by atoms with Gasteiger partial charge in [-0.15, -0.1) is 0 Å². The predicted octanol–water partition coefficient (Wildman–Crippen LogP) is 3.90. The number of benzene rings is 2. The molecule has 0 saturated carbocycles. The molecular formula is C26H28N2O4. The van der Waals surface area contributed by atoms with E-state index < -0.39 is 0 Å². The van der Waals surface area contributed by atoms with E-state index in [4.69, 9.17) is 4.74 Å². The molecule has 1 aliphatic heterocycles. The van der Waals surface area contributed by atoms with Gasteiger partial charge in [0.1, 0.15) is 11.3 Å². The highest BCUT2D eigenvalue weighted by Gasteiger charge is 2.31. The minimum Gasteiger partial charge on any atom is -0.496 e. The fraction of sp³-hybridized carbons (Fsp3) is 0.346. The van der Waals surface area contributed by atoms with E-state index in [0.717, 1.165) is 35.2 Å². The smallest absolute Gasteiger partial charge is 0.259 e. The van der Waals surface area contributed by atoms with E-state index in [2.05, 4.69) is 0 Å². The Kier molecular flexibility index (Phi) is 5.87. The summed E-state index contributed by atoms with van der Waals surface area (Å²) in [5.74, 6) is 0.220. The fourth-order valence-corrected chi connectivity index (χ4v) is 4.79. The van der Waals surface area contributed by atoms with Gasteiger partial charge in [-0.3, -0.25) is 14.4 Å². The largest absolute Gasteiger partial charge is 0.496 e. The number of fused-ring (bicyclic) bond motifs is 1. The van der Waals surface area contributed by atoms with Crippen LogP contribution in [-0.2, 0) is 7.05 Å². The lowest BCUT2D eigenvalue weighted by molar-refractivity contribution is 0.0635. The minimum atomic E-state index is -0.309. The number of carbonyl (C=O) groups excluding carboxylic acids is 2. The van der Waals surface area contributed by atoms with E-state index in [0.29, 0.717) is 24.0 Å². The molecule has 2 aromatic carbocycles. The quantitative estimate of drug-likeness (QED) is 0.587. The Balaban J connectivity index is 1.60. The van der Waals surface area contributed by atoms with E-state index in [-0.39, 0.29) is 28.6 Å². The Bertz CT molecular complexity index is 1250. The van der Waals surface area contributed by atoms with Crippen molar-refractivity contribution in [1.82, 2.24) is 9.47 Å². The van der Waals surface area contributed by atoms with Crippen molar-refractivity contribution < 1.29 is 14.3 Å². The number of aromatic nitrogens is 1. The topological polar surface area (TPSA) is 68.6 Å². The number of ether oxygens (including phenoxy) is 1. The SMILES string of the molecule is COc1c(C)cc(C(=O)[C@@H]2CCCN(C(=O)c3cn(C)c4ccccc4c3=O)C2)cc1C. The number of aryl methyl sites for hydroxylation is 3. The number of para-hydroxylation sites is 1. The molecule has 0 radical (unpaired) electrons. The molecular weight excluding hydrogens is 404 g/mol. The zero-order chi connectivity index (χ0) is 23.0. The molecule has 32 heavy (non-hydrogen) atoms. The van der Waals surface area contributed by atoms with E-state index in [1.54, 1.807) is 34.9 Å². The number of hydrogen-bond acceptors (Lipinski definition) is 4. The molecule has 0 bridgehead atoms. The average Bonchev–Trinajstić information content (AvgIpc) is 2.80. The van der Waals surface area contributed by atoms with Crippen molar-refractivity contribution in [3.63, 3.8) is 0 Å². The Hall–Kier alpha value is -3.41. The van der Waals surface area contributed by atoms with Crippen molar-refractivity contribution in [2.45, 2.75) is 26.7 Å². The first-order valence-corrected chi connectivity index (χ1v) is 10.9. The number of carbonyl (C=O) groups is 2. The number of hydrogen-bond donors (Lipinski definition) is 0. The molecule has 0 unspecified atom stereocenters. The molecule has 0 spiro atoms. The molecule has 1 aromatic heterocycles. The van der Waals surface area contributed by atoms with Gasteiger partial charge in [0.25, 0.3) is 5.91 Å². The fourth-order valence-electron chi connectivity index (χ4n) is 4.79. The molecule has 1 fully saturated rings. The van der Waals surface area contributed by atoms with Gasteiger partial charge in [0.2, 0.25) is 5.43 Å². The summed E-state index contributed by atoms with van der Waals surface area (Å²) in [6.07, 6.45) is 3.06. The lowest BCUT2D eigenvalue weighted by atomic mass is 9.88. The second-order valence-electron chi connectivity index (χ2n) is 8.60. The summed E-state index contributed by atoms with van der Waals surface area (Å²) in [5, 5.41) is 0.523. The van der Waals surface area contributed by atoms with Gasteiger partial charge in [0.15, 0.2) is 5.78 Å². The van der Waals surface area contributed by atoms with Crippen LogP contribution in [0.2, 0.25) is 0 Å². The summed E-state index contributed by atoms with van der Waals surface area (Å²) in [6.45, 7) is 4.71. The molecule has 0 aliphatic carbocycles. The minimum absolute atomic E-state index is 0.0303. The molecule has 4 rings (SSSR count). The number of nitrogens with zero attached hydrogens (tertiary/aromatic N) is 2. The zero-order valence-electron chi connectivity index (χ0n) is 19.0. The van der Waals surface area contributed by atoms with Crippen molar-refractivity contribution >= 4 is 22.6 Å². The predicted molar refractivity (Wildman–Crippen MR) is 125 cm³/mol. The van der Waals surface area contributed by atoms with Crippen LogP contribution in [0.5, 0.6) is 5.75 Å². The summed E-state index contributed by atoms with van der Waals surface area (Å²) in [4.78, 5) is 41.2. The number of amides is 1. The van der Waals surface area contributed by atoms with Crippen LogP contribution >= 0.6 is 0 Å². The summed E-state index contributed by atoms with van der Waals surface area (Å²) in [7, 11) is 3.45. The summed E-state index contributed by atoms with van der Waals surface area (Å²) < 4.78 is 7.21. The lowest BCUT2D eigenvalue weighted by Crippen LogP contribution is -2.43. The number of piperidine rings is 1. The normalized spacial score (nSPS) is 16.2. The summed E-state index contributed by atoms with van der Waals surface area (Å²) >= 11 is 0. The van der Waals surface area contributed by atoms with Gasteiger partial charge in [-0.2, -0.15) is 0 Å². The van der Waals surface area contributed by atoms with Crippen LogP contribution in [0.3, 0.4) is 0 Å². The van der Waals surface area contributed by atoms with Crippen molar-refractivity contribution in [2.75, 3.05) is 20.2 Å². The molecule has 1 aliphatic rings. The zero-order valence-corrected chi connectivity index (χ0v) is 19.0. The molecule has 166 valence electrons. The van der Waals surface area contributed by atoms with Crippen molar-refractivity contribution in [1.29, 1.82) is 0 Å². The Morgan fingerprint density at radius 2 is 1.78 bits per heavy atom. The number of pyridine rings is 1. The van der Waals surface area contributed by atoms with Crippen LogP contribution in [0.4, 0.5) is 0 Å². The number of rotatable bonds is 4. The summed E-state index contributed by atoms with van der Waals surface area (Å²) in [5.41, 5.74) is 3.14. The second kappa shape index (κ2) is 8.61. The van der Waals surface area contributed by atoms with Crippen LogP contribution in [0.25, 0.3) is 10.9 Å². The highest BCUT2D eigenvalue weighted by molar-refractivity contribution is 6.00. The monoisotopic (exact) mass is 432 g/mol. The maximum atomic E-state index is 13.3. The van der Waals surface area contributed by atoms with Crippen LogP contribution in [-0.4, -0.2) is 41.4 Å². The van der Waals surface area contributed by atoms with E-state index in [1.807, 2.05) is 45.2 Å². The maximum absolute atomic E-state index is 13.3.